The lowest BCUT2D eigenvalue weighted by Crippen LogP contribution is -2.19. The number of amides is 1. The van der Waals surface area contributed by atoms with E-state index >= 15 is 4.39 Å². The Kier molecular flexibility index (Phi) is 8.33. The number of nitrogens with two attached hydrogens (primary N) is 1. The van der Waals surface area contributed by atoms with Crippen LogP contribution in [-0.4, -0.2) is 25.7 Å². The van der Waals surface area contributed by atoms with E-state index in [0.29, 0.717) is 11.4 Å². The molecule has 1 saturated carbocycles. The van der Waals surface area contributed by atoms with Gasteiger partial charge in [0, 0.05) is 17.2 Å². The maximum Gasteiger partial charge on any atom is 0.313 e. The van der Waals surface area contributed by atoms with Gasteiger partial charge in [-0.25, -0.2) is 18.2 Å². The first kappa shape index (κ1) is 29.7. The number of nitrogen functional groups attached to an aromatic ring is 1. The highest BCUT2D eigenvalue weighted by atomic mass is 35.5. The largest absolute Gasteiger partial charge is 0.402 e. The molecule has 1 aliphatic carbocycles. The molecule has 0 bridgehead atoms. The van der Waals surface area contributed by atoms with Crippen LogP contribution in [0.3, 0.4) is 0 Å². The third-order valence-electron chi connectivity index (χ3n) is 7.55. The first-order valence-corrected chi connectivity index (χ1v) is 14.6. The van der Waals surface area contributed by atoms with E-state index in [1.54, 1.807) is 16.7 Å². The minimum atomic E-state index is -0.803. The number of carbonyl (C=O) groups is 1. The van der Waals surface area contributed by atoms with E-state index in [-0.39, 0.29) is 62.6 Å². The maximum atomic E-state index is 16.4. The minimum absolute atomic E-state index is 0.0332. The molecule has 226 valence electrons. The number of halogens is 5. The van der Waals surface area contributed by atoms with Gasteiger partial charge in [-0.05, 0) is 60.9 Å². The summed E-state index contributed by atoms with van der Waals surface area (Å²) >= 11 is 12.6. The minimum Gasteiger partial charge on any atom is -0.402 e. The molecule has 6 rings (SSSR count). The van der Waals surface area contributed by atoms with E-state index in [2.05, 4.69) is 15.5 Å². The summed E-state index contributed by atoms with van der Waals surface area (Å²) in [6.45, 7) is 0. The zero-order valence-electron chi connectivity index (χ0n) is 23.1. The number of aromatic nitrogens is 4. The average molecular weight is 641 g/mol. The summed E-state index contributed by atoms with van der Waals surface area (Å²) in [6.07, 6.45) is 4.14. The molecule has 1 amide bonds. The molecular formula is C31H25Cl2F3N6O2. The van der Waals surface area contributed by atoms with Crippen molar-refractivity contribution in [2.24, 2.45) is 0 Å². The summed E-state index contributed by atoms with van der Waals surface area (Å²) in [5, 5.41) is 10.1. The van der Waals surface area contributed by atoms with E-state index in [0.717, 1.165) is 32.1 Å². The van der Waals surface area contributed by atoms with Gasteiger partial charge < -0.3 is 15.5 Å². The van der Waals surface area contributed by atoms with Crippen molar-refractivity contribution in [3.63, 3.8) is 0 Å². The predicted molar refractivity (Wildman–Crippen MR) is 161 cm³/mol. The summed E-state index contributed by atoms with van der Waals surface area (Å²) in [7, 11) is 0. The van der Waals surface area contributed by atoms with Crippen LogP contribution in [0.2, 0.25) is 10.0 Å². The molecule has 3 aromatic carbocycles. The van der Waals surface area contributed by atoms with Crippen LogP contribution in [-0.2, 0) is 11.2 Å². The van der Waals surface area contributed by atoms with Crippen LogP contribution in [0.5, 0.6) is 0 Å². The monoisotopic (exact) mass is 640 g/mol. The van der Waals surface area contributed by atoms with Gasteiger partial charge in [0.05, 0.1) is 27.8 Å². The van der Waals surface area contributed by atoms with Crippen molar-refractivity contribution in [2.75, 3.05) is 11.1 Å². The number of carbonyl (C=O) groups excluding carboxylic acids is 1. The topological polar surface area (TPSA) is 112 Å². The van der Waals surface area contributed by atoms with E-state index in [1.807, 2.05) is 0 Å². The molecule has 0 aliphatic heterocycles. The molecule has 5 aromatic rings. The number of hydrogen-bond donors (Lipinski definition) is 2. The van der Waals surface area contributed by atoms with Gasteiger partial charge in [0.1, 0.15) is 17.5 Å². The highest BCUT2D eigenvalue weighted by Crippen LogP contribution is 2.43. The van der Waals surface area contributed by atoms with Crippen molar-refractivity contribution in [3.8, 4) is 28.5 Å². The van der Waals surface area contributed by atoms with Gasteiger partial charge in [-0.2, -0.15) is 0 Å². The number of benzene rings is 3. The molecule has 3 N–H and O–H groups in total. The molecule has 1 fully saturated rings. The van der Waals surface area contributed by atoms with Crippen molar-refractivity contribution in [2.45, 2.75) is 44.4 Å². The Morgan fingerprint density at radius 1 is 1.00 bits per heavy atom. The molecule has 0 spiro atoms. The third-order valence-corrected chi connectivity index (χ3v) is 8.13. The Morgan fingerprint density at radius 3 is 2.50 bits per heavy atom. The molecule has 0 atom stereocenters. The van der Waals surface area contributed by atoms with E-state index in [4.69, 9.17) is 38.3 Å². The van der Waals surface area contributed by atoms with Gasteiger partial charge in [0.2, 0.25) is 5.91 Å². The van der Waals surface area contributed by atoms with Crippen LogP contribution in [0.1, 0.15) is 49.4 Å². The van der Waals surface area contributed by atoms with Gasteiger partial charge in [-0.15, -0.1) is 5.10 Å². The van der Waals surface area contributed by atoms with Crippen LogP contribution in [0, 0.1) is 17.5 Å². The Balaban J connectivity index is 1.59. The van der Waals surface area contributed by atoms with Gasteiger partial charge in [0.25, 0.3) is 5.89 Å². The van der Waals surface area contributed by atoms with Crippen molar-refractivity contribution in [1.82, 2.24) is 19.7 Å². The maximum absolute atomic E-state index is 16.4. The second-order valence-corrected chi connectivity index (χ2v) is 11.3. The summed E-state index contributed by atoms with van der Waals surface area (Å²) in [5.41, 5.74) is 7.04. The average Bonchev–Trinajstić information content (AvgIpc) is 3.61. The fraction of sp³-hybridized carbons (Fsp3) is 0.226. The molecule has 1 aliphatic rings. The molecule has 0 saturated heterocycles. The Hall–Kier alpha value is -4.35. The van der Waals surface area contributed by atoms with Gasteiger partial charge >= 0.3 is 6.01 Å². The number of anilines is 2. The zero-order valence-corrected chi connectivity index (χ0v) is 24.6. The summed E-state index contributed by atoms with van der Waals surface area (Å²) in [4.78, 5) is 18.1. The van der Waals surface area contributed by atoms with Gasteiger partial charge in [-0.1, -0.05) is 59.7 Å². The quantitative estimate of drug-likeness (QED) is 0.186. The molecule has 2 heterocycles. The Bertz CT molecular complexity index is 1870. The van der Waals surface area contributed by atoms with E-state index in [1.165, 1.54) is 42.5 Å². The lowest BCUT2D eigenvalue weighted by molar-refractivity contribution is -0.115. The second-order valence-electron chi connectivity index (χ2n) is 10.5. The van der Waals surface area contributed by atoms with Crippen LogP contribution < -0.4 is 11.1 Å². The summed E-state index contributed by atoms with van der Waals surface area (Å²) < 4.78 is 51.6. The molecule has 2 aromatic heterocycles. The number of imidazole rings is 1. The molecule has 44 heavy (non-hydrogen) atoms. The zero-order chi connectivity index (χ0) is 31.0. The number of nitrogens with zero attached hydrogens (tertiary/aromatic N) is 4. The second kappa shape index (κ2) is 12.3. The lowest BCUT2D eigenvalue weighted by atomic mass is 9.88. The first-order chi connectivity index (χ1) is 21.2. The van der Waals surface area contributed by atoms with Gasteiger partial charge in [0.15, 0.2) is 11.5 Å². The van der Waals surface area contributed by atoms with E-state index < -0.39 is 23.4 Å². The summed E-state index contributed by atoms with van der Waals surface area (Å²) in [5.74, 6) is -2.17. The Labute approximate surface area is 260 Å². The third kappa shape index (κ3) is 5.89. The Morgan fingerprint density at radius 2 is 1.80 bits per heavy atom. The highest BCUT2D eigenvalue weighted by molar-refractivity contribution is 6.31. The molecule has 8 nitrogen and oxygen atoms in total. The SMILES string of the molecule is Nc1nnc(-c2nc(C3CCCCC3)n(-c3c(CC(=O)Nc4cccc(F)c4)ccc(Cl)c3F)c2-c2ccc(F)c(Cl)c2)o1. The van der Waals surface area contributed by atoms with Crippen LogP contribution in [0.4, 0.5) is 24.9 Å². The molecular weight excluding hydrogens is 616 g/mol. The normalized spacial score (nSPS) is 13.8. The lowest BCUT2D eigenvalue weighted by Gasteiger charge is -2.24. The van der Waals surface area contributed by atoms with Crippen molar-refractivity contribution >= 4 is 40.8 Å². The van der Waals surface area contributed by atoms with Crippen LogP contribution in [0.25, 0.3) is 28.5 Å². The predicted octanol–water partition coefficient (Wildman–Crippen LogP) is 8.12. The fourth-order valence-electron chi connectivity index (χ4n) is 5.60. The van der Waals surface area contributed by atoms with Crippen molar-refractivity contribution < 1.29 is 22.4 Å². The molecule has 13 heteroatoms. The first-order valence-electron chi connectivity index (χ1n) is 13.9. The number of rotatable bonds is 7. The van der Waals surface area contributed by atoms with Gasteiger partial charge in [-0.3, -0.25) is 9.36 Å². The van der Waals surface area contributed by atoms with Crippen LogP contribution >= 0.6 is 23.2 Å². The van der Waals surface area contributed by atoms with E-state index in [9.17, 15) is 13.6 Å². The van der Waals surface area contributed by atoms with Crippen molar-refractivity contribution in [1.29, 1.82) is 0 Å². The van der Waals surface area contributed by atoms with Crippen LogP contribution in [0.15, 0.2) is 59.0 Å². The summed E-state index contributed by atoms with van der Waals surface area (Å²) in [6, 6.07) is 12.2. The molecule has 0 radical (unpaired) electrons. The number of hydrogen-bond acceptors (Lipinski definition) is 6. The highest BCUT2D eigenvalue weighted by Gasteiger charge is 2.32. The standard InChI is InChI=1S/C31H25Cl2F3N6O2/c32-21-11-9-18(14-24(43)38-20-8-4-7-19(34)15-20)27(25(21)36)42-28(17-10-12-23(35)22(33)13-17)26(30-40-41-31(37)44-30)39-29(42)16-5-2-1-3-6-16/h4,7-13,15-16H,1-3,5-6,14H2,(H2,37,41)(H,38,43). The fourth-order valence-corrected chi connectivity index (χ4v) is 5.93. The molecule has 0 unspecified atom stereocenters. The number of nitrogens with one attached hydrogen (secondary N) is 1. The van der Waals surface area contributed by atoms with Crippen molar-refractivity contribution in [3.05, 3.63) is 93.5 Å². The smallest absolute Gasteiger partial charge is 0.313 e.